The topological polar surface area (TPSA) is 66.0 Å². The zero-order valence-electron chi connectivity index (χ0n) is 11.2. The highest BCUT2D eigenvalue weighted by atomic mass is 15.2. The third kappa shape index (κ3) is 2.81. The van der Waals surface area contributed by atoms with Gasteiger partial charge < -0.3 is 10.6 Å². The monoisotopic (exact) mass is 246 g/mol. The summed E-state index contributed by atoms with van der Waals surface area (Å²) in [6.07, 6.45) is 4.19. The van der Waals surface area contributed by atoms with Crippen LogP contribution in [0.5, 0.6) is 0 Å². The molecule has 0 aromatic carbocycles. The average Bonchev–Trinajstić information content (AvgIpc) is 2.39. The van der Waals surface area contributed by atoms with Crippen molar-refractivity contribution in [2.45, 2.75) is 26.7 Å². The molecule has 0 aliphatic carbocycles. The zero-order chi connectivity index (χ0) is 13.1. The molecule has 1 aromatic rings. The lowest BCUT2D eigenvalue weighted by molar-refractivity contribution is 0.310. The van der Waals surface area contributed by atoms with Crippen LogP contribution in [-0.4, -0.2) is 23.9 Å². The maximum atomic E-state index is 7.47. The fraction of sp³-hybridized carbons (Fsp3) is 0.571. The van der Waals surface area contributed by atoms with Crippen LogP contribution in [0.4, 0.5) is 5.82 Å². The summed E-state index contributed by atoms with van der Waals surface area (Å²) in [4.78, 5) is 6.69. The number of hydrogen-bond acceptors (Lipinski definition) is 3. The molecule has 1 saturated heterocycles. The summed E-state index contributed by atoms with van der Waals surface area (Å²) in [5.41, 5.74) is 6.27. The Morgan fingerprint density at radius 2 is 2.11 bits per heavy atom. The predicted molar refractivity (Wildman–Crippen MR) is 75.0 cm³/mol. The van der Waals surface area contributed by atoms with E-state index in [-0.39, 0.29) is 5.84 Å². The van der Waals surface area contributed by atoms with Crippen LogP contribution < -0.4 is 10.6 Å². The van der Waals surface area contributed by atoms with Crippen molar-refractivity contribution in [2.24, 2.45) is 17.6 Å². The van der Waals surface area contributed by atoms with Crippen LogP contribution in [0.2, 0.25) is 0 Å². The van der Waals surface area contributed by atoms with Crippen LogP contribution in [0.25, 0.3) is 0 Å². The van der Waals surface area contributed by atoms with Crippen molar-refractivity contribution in [3.8, 4) is 0 Å². The Balaban J connectivity index is 2.05. The van der Waals surface area contributed by atoms with Crippen molar-refractivity contribution in [1.29, 1.82) is 5.41 Å². The van der Waals surface area contributed by atoms with E-state index in [9.17, 15) is 0 Å². The molecule has 0 unspecified atom stereocenters. The summed E-state index contributed by atoms with van der Waals surface area (Å²) < 4.78 is 0. The van der Waals surface area contributed by atoms with Crippen LogP contribution in [0, 0.1) is 17.2 Å². The summed E-state index contributed by atoms with van der Waals surface area (Å²) in [5.74, 6) is 2.65. The number of nitrogen functional groups attached to an aromatic ring is 1. The van der Waals surface area contributed by atoms with Gasteiger partial charge in [-0.05, 0) is 36.8 Å². The number of nitrogens with zero attached hydrogens (tertiary/aromatic N) is 2. The molecule has 1 aliphatic heterocycles. The van der Waals surface area contributed by atoms with E-state index in [0.717, 1.165) is 36.3 Å². The van der Waals surface area contributed by atoms with Gasteiger partial charge in [0.1, 0.15) is 11.7 Å². The first kappa shape index (κ1) is 12.9. The summed E-state index contributed by atoms with van der Waals surface area (Å²) in [7, 11) is 0. The third-order valence-electron chi connectivity index (χ3n) is 3.86. The van der Waals surface area contributed by atoms with E-state index >= 15 is 0 Å². The quantitative estimate of drug-likeness (QED) is 0.635. The van der Waals surface area contributed by atoms with Crippen molar-refractivity contribution in [3.63, 3.8) is 0 Å². The highest BCUT2D eigenvalue weighted by molar-refractivity contribution is 5.95. The normalized spacial score (nSPS) is 17.2. The summed E-state index contributed by atoms with van der Waals surface area (Å²) in [6.45, 7) is 6.71. The molecule has 0 amide bonds. The number of amidine groups is 1. The van der Waals surface area contributed by atoms with Gasteiger partial charge >= 0.3 is 0 Å². The van der Waals surface area contributed by atoms with Crippen LogP contribution in [0.15, 0.2) is 18.3 Å². The van der Waals surface area contributed by atoms with E-state index in [4.69, 9.17) is 11.1 Å². The van der Waals surface area contributed by atoms with E-state index in [1.54, 1.807) is 12.3 Å². The Morgan fingerprint density at radius 1 is 1.44 bits per heavy atom. The van der Waals surface area contributed by atoms with Crippen LogP contribution in [0.3, 0.4) is 0 Å². The first-order valence-electron chi connectivity index (χ1n) is 6.63. The summed E-state index contributed by atoms with van der Waals surface area (Å²) in [5, 5.41) is 7.47. The molecule has 4 heteroatoms. The second kappa shape index (κ2) is 5.38. The molecule has 3 N–H and O–H groups in total. The van der Waals surface area contributed by atoms with Crippen LogP contribution in [0.1, 0.15) is 32.3 Å². The van der Waals surface area contributed by atoms with Crippen molar-refractivity contribution >= 4 is 11.7 Å². The number of piperidine rings is 1. The van der Waals surface area contributed by atoms with Gasteiger partial charge in [-0.15, -0.1) is 0 Å². The van der Waals surface area contributed by atoms with E-state index in [2.05, 4.69) is 23.7 Å². The molecule has 0 atom stereocenters. The minimum Gasteiger partial charge on any atom is -0.384 e. The smallest absolute Gasteiger partial charge is 0.129 e. The SMILES string of the molecule is CC(C)C1CCN(c2cc(C(=N)N)ccn2)CC1. The maximum absolute atomic E-state index is 7.47. The molecule has 4 nitrogen and oxygen atoms in total. The van der Waals surface area contributed by atoms with E-state index < -0.39 is 0 Å². The summed E-state index contributed by atoms with van der Waals surface area (Å²) >= 11 is 0. The number of aromatic nitrogens is 1. The first-order chi connectivity index (χ1) is 8.58. The highest BCUT2D eigenvalue weighted by Crippen LogP contribution is 2.27. The second-order valence-electron chi connectivity index (χ2n) is 5.38. The molecular weight excluding hydrogens is 224 g/mol. The van der Waals surface area contributed by atoms with Gasteiger partial charge in [0.15, 0.2) is 0 Å². The van der Waals surface area contributed by atoms with Gasteiger partial charge in [0.05, 0.1) is 0 Å². The molecule has 98 valence electrons. The van der Waals surface area contributed by atoms with E-state index in [1.165, 1.54) is 12.8 Å². The maximum Gasteiger partial charge on any atom is 0.129 e. The van der Waals surface area contributed by atoms with Crippen molar-refractivity contribution in [2.75, 3.05) is 18.0 Å². The number of rotatable bonds is 3. The number of nitrogens with one attached hydrogen (secondary N) is 1. The summed E-state index contributed by atoms with van der Waals surface area (Å²) in [6, 6.07) is 3.70. The Morgan fingerprint density at radius 3 is 2.67 bits per heavy atom. The van der Waals surface area contributed by atoms with Crippen molar-refractivity contribution in [3.05, 3.63) is 23.9 Å². The molecule has 2 rings (SSSR count). The number of hydrogen-bond donors (Lipinski definition) is 2. The molecular formula is C14H22N4. The van der Waals surface area contributed by atoms with Gasteiger partial charge in [-0.3, -0.25) is 5.41 Å². The Hall–Kier alpha value is -1.58. The molecule has 0 saturated carbocycles. The highest BCUT2D eigenvalue weighted by Gasteiger charge is 2.22. The molecule has 1 fully saturated rings. The third-order valence-corrected chi connectivity index (χ3v) is 3.86. The Labute approximate surface area is 109 Å². The minimum atomic E-state index is 0.107. The molecule has 0 radical (unpaired) electrons. The number of pyridine rings is 1. The van der Waals surface area contributed by atoms with E-state index in [0.29, 0.717) is 0 Å². The van der Waals surface area contributed by atoms with Gasteiger partial charge in [-0.25, -0.2) is 4.98 Å². The van der Waals surface area contributed by atoms with Gasteiger partial charge in [0, 0.05) is 24.8 Å². The van der Waals surface area contributed by atoms with Gasteiger partial charge in [-0.1, -0.05) is 13.8 Å². The Bertz CT molecular complexity index is 420. The molecule has 1 aromatic heterocycles. The molecule has 1 aliphatic rings. The number of anilines is 1. The second-order valence-corrected chi connectivity index (χ2v) is 5.38. The van der Waals surface area contributed by atoms with Crippen molar-refractivity contribution < 1.29 is 0 Å². The fourth-order valence-electron chi connectivity index (χ4n) is 2.55. The molecule has 2 heterocycles. The van der Waals surface area contributed by atoms with Gasteiger partial charge in [0.25, 0.3) is 0 Å². The van der Waals surface area contributed by atoms with E-state index in [1.807, 2.05) is 6.07 Å². The van der Waals surface area contributed by atoms with Gasteiger partial charge in [0.2, 0.25) is 0 Å². The minimum absolute atomic E-state index is 0.107. The average molecular weight is 246 g/mol. The largest absolute Gasteiger partial charge is 0.384 e. The molecule has 18 heavy (non-hydrogen) atoms. The van der Waals surface area contributed by atoms with Gasteiger partial charge in [-0.2, -0.15) is 0 Å². The van der Waals surface area contributed by atoms with Crippen molar-refractivity contribution in [1.82, 2.24) is 4.98 Å². The molecule has 0 bridgehead atoms. The number of nitrogens with two attached hydrogens (primary N) is 1. The fourth-order valence-corrected chi connectivity index (χ4v) is 2.55. The first-order valence-corrected chi connectivity index (χ1v) is 6.63. The lowest BCUT2D eigenvalue weighted by Gasteiger charge is -2.34. The lowest BCUT2D eigenvalue weighted by atomic mass is 9.87. The van der Waals surface area contributed by atoms with Crippen LogP contribution in [-0.2, 0) is 0 Å². The standard InChI is InChI=1S/C14H22N4/c1-10(2)11-4-7-18(8-5-11)13-9-12(14(15)16)3-6-17-13/h3,6,9-11H,4-5,7-8H2,1-2H3,(H3,15,16). The van der Waals surface area contributed by atoms with Crippen LogP contribution >= 0.6 is 0 Å². The predicted octanol–water partition coefficient (Wildman–Crippen LogP) is 2.24. The molecule has 0 spiro atoms. The lowest BCUT2D eigenvalue weighted by Crippen LogP contribution is -2.35. The Kier molecular flexibility index (Phi) is 3.84. The zero-order valence-corrected chi connectivity index (χ0v) is 11.2.